The number of hydrogen-bond acceptors (Lipinski definition) is 3. The van der Waals surface area contributed by atoms with Crippen molar-refractivity contribution < 1.29 is 9.53 Å². The maximum absolute atomic E-state index is 12.2. The summed E-state index contributed by atoms with van der Waals surface area (Å²) in [7, 11) is 0. The molecule has 4 nitrogen and oxygen atoms in total. The van der Waals surface area contributed by atoms with Crippen molar-refractivity contribution in [2.75, 3.05) is 19.6 Å². The second kappa shape index (κ2) is 5.67. The van der Waals surface area contributed by atoms with Gasteiger partial charge in [-0.3, -0.25) is 9.80 Å². The molecule has 3 rings (SSSR count). The van der Waals surface area contributed by atoms with E-state index in [1.807, 2.05) is 30.3 Å². The molecule has 1 atom stereocenters. The van der Waals surface area contributed by atoms with E-state index in [9.17, 15) is 4.79 Å². The SMILES string of the molecule is C=C1CN2CCCC2CN1C(=O)OCc1ccccc1. The topological polar surface area (TPSA) is 32.8 Å². The van der Waals surface area contributed by atoms with Gasteiger partial charge in [0.25, 0.3) is 0 Å². The third-order valence-electron chi connectivity index (χ3n) is 4.09. The van der Waals surface area contributed by atoms with Gasteiger partial charge in [-0.05, 0) is 24.9 Å². The van der Waals surface area contributed by atoms with Crippen molar-refractivity contribution in [2.45, 2.75) is 25.5 Å². The van der Waals surface area contributed by atoms with Crippen LogP contribution in [0.4, 0.5) is 4.79 Å². The summed E-state index contributed by atoms with van der Waals surface area (Å²) < 4.78 is 5.39. The van der Waals surface area contributed by atoms with Crippen molar-refractivity contribution in [1.29, 1.82) is 0 Å². The smallest absolute Gasteiger partial charge is 0.414 e. The van der Waals surface area contributed by atoms with Crippen LogP contribution in [0.25, 0.3) is 0 Å². The molecule has 0 saturated carbocycles. The third-order valence-corrected chi connectivity index (χ3v) is 4.09. The second-order valence-electron chi connectivity index (χ2n) is 5.48. The van der Waals surface area contributed by atoms with Crippen LogP contribution >= 0.6 is 0 Å². The van der Waals surface area contributed by atoms with E-state index in [4.69, 9.17) is 4.74 Å². The summed E-state index contributed by atoms with van der Waals surface area (Å²) in [5, 5.41) is 0. The van der Waals surface area contributed by atoms with Gasteiger partial charge >= 0.3 is 6.09 Å². The standard InChI is InChI=1S/C16H20N2O2/c1-13-10-17-9-5-8-15(17)11-18(13)16(19)20-12-14-6-3-2-4-7-14/h2-4,6-7,15H,1,5,8-12H2. The quantitative estimate of drug-likeness (QED) is 0.829. The first-order chi connectivity index (χ1) is 9.74. The van der Waals surface area contributed by atoms with Gasteiger partial charge in [0.05, 0.1) is 0 Å². The van der Waals surface area contributed by atoms with E-state index in [0.29, 0.717) is 19.2 Å². The summed E-state index contributed by atoms with van der Waals surface area (Å²) >= 11 is 0. The molecule has 2 heterocycles. The van der Waals surface area contributed by atoms with Crippen molar-refractivity contribution in [3.63, 3.8) is 0 Å². The van der Waals surface area contributed by atoms with Crippen LogP contribution in [0, 0.1) is 0 Å². The Bertz CT molecular complexity index is 500. The number of benzene rings is 1. The molecule has 0 aliphatic carbocycles. The van der Waals surface area contributed by atoms with Crippen LogP contribution in [0.1, 0.15) is 18.4 Å². The molecule has 0 aromatic heterocycles. The summed E-state index contributed by atoms with van der Waals surface area (Å²) in [6.07, 6.45) is 2.10. The van der Waals surface area contributed by atoms with E-state index in [-0.39, 0.29) is 6.09 Å². The number of nitrogens with zero attached hydrogens (tertiary/aromatic N) is 2. The fraction of sp³-hybridized carbons (Fsp3) is 0.438. The van der Waals surface area contributed by atoms with Gasteiger partial charge in [-0.15, -0.1) is 0 Å². The van der Waals surface area contributed by atoms with Gasteiger partial charge < -0.3 is 4.74 Å². The Hall–Kier alpha value is -1.81. The first-order valence-electron chi connectivity index (χ1n) is 7.14. The molecule has 4 heteroatoms. The minimum Gasteiger partial charge on any atom is -0.444 e. The van der Waals surface area contributed by atoms with E-state index in [1.165, 1.54) is 6.42 Å². The molecule has 2 aliphatic rings. The lowest BCUT2D eigenvalue weighted by Crippen LogP contribution is -2.50. The number of amides is 1. The van der Waals surface area contributed by atoms with Gasteiger partial charge in [0.15, 0.2) is 0 Å². The number of carbonyl (C=O) groups excluding carboxylic acids is 1. The maximum Gasteiger partial charge on any atom is 0.414 e. The number of rotatable bonds is 2. The molecule has 106 valence electrons. The normalized spacial score (nSPS) is 22.7. The van der Waals surface area contributed by atoms with E-state index in [1.54, 1.807) is 4.90 Å². The molecule has 1 unspecified atom stereocenters. The zero-order valence-corrected chi connectivity index (χ0v) is 11.6. The molecule has 1 amide bonds. The highest BCUT2D eigenvalue weighted by Gasteiger charge is 2.35. The third kappa shape index (κ3) is 2.70. The number of hydrogen-bond donors (Lipinski definition) is 0. The second-order valence-corrected chi connectivity index (χ2v) is 5.48. The van der Waals surface area contributed by atoms with E-state index in [0.717, 1.165) is 30.8 Å². The molecule has 0 N–H and O–H groups in total. The Morgan fingerprint density at radius 1 is 1.35 bits per heavy atom. The van der Waals surface area contributed by atoms with Gasteiger partial charge in [0, 0.05) is 24.8 Å². The fourth-order valence-electron chi connectivity index (χ4n) is 2.97. The first-order valence-corrected chi connectivity index (χ1v) is 7.14. The van der Waals surface area contributed by atoms with Crippen molar-refractivity contribution >= 4 is 6.09 Å². The highest BCUT2D eigenvalue weighted by molar-refractivity contribution is 5.70. The Morgan fingerprint density at radius 3 is 2.95 bits per heavy atom. The minimum atomic E-state index is -0.273. The predicted molar refractivity (Wildman–Crippen MR) is 77.1 cm³/mol. The molecular weight excluding hydrogens is 252 g/mol. The van der Waals surface area contributed by atoms with E-state index >= 15 is 0 Å². The average Bonchev–Trinajstić information content (AvgIpc) is 2.92. The van der Waals surface area contributed by atoms with Crippen molar-refractivity contribution in [1.82, 2.24) is 9.80 Å². The van der Waals surface area contributed by atoms with Gasteiger partial charge in [0.1, 0.15) is 6.61 Å². The lowest BCUT2D eigenvalue weighted by atomic mass is 10.1. The Kier molecular flexibility index (Phi) is 3.74. The average molecular weight is 272 g/mol. The summed E-state index contributed by atoms with van der Waals surface area (Å²) in [6.45, 7) is 6.95. The van der Waals surface area contributed by atoms with Crippen molar-refractivity contribution in [3.8, 4) is 0 Å². The molecule has 2 fully saturated rings. The van der Waals surface area contributed by atoms with Crippen LogP contribution in [0.2, 0.25) is 0 Å². The number of ether oxygens (including phenoxy) is 1. The van der Waals surface area contributed by atoms with Crippen LogP contribution in [0.15, 0.2) is 42.6 Å². The molecule has 0 spiro atoms. The monoisotopic (exact) mass is 272 g/mol. The van der Waals surface area contributed by atoms with Crippen molar-refractivity contribution in [3.05, 3.63) is 48.2 Å². The highest BCUT2D eigenvalue weighted by atomic mass is 16.6. The highest BCUT2D eigenvalue weighted by Crippen LogP contribution is 2.26. The summed E-state index contributed by atoms with van der Waals surface area (Å²) in [6, 6.07) is 10.2. The van der Waals surface area contributed by atoms with Crippen LogP contribution in [0.3, 0.4) is 0 Å². The molecular formula is C16H20N2O2. The lowest BCUT2D eigenvalue weighted by molar-refractivity contribution is 0.0806. The minimum absolute atomic E-state index is 0.273. The molecule has 20 heavy (non-hydrogen) atoms. The number of piperazine rings is 1. The number of carbonyl (C=O) groups is 1. The fourth-order valence-corrected chi connectivity index (χ4v) is 2.97. The van der Waals surface area contributed by atoms with Gasteiger partial charge in [-0.25, -0.2) is 4.79 Å². The van der Waals surface area contributed by atoms with Gasteiger partial charge in [-0.1, -0.05) is 36.9 Å². The van der Waals surface area contributed by atoms with Crippen molar-refractivity contribution in [2.24, 2.45) is 0 Å². The molecule has 2 saturated heterocycles. The lowest BCUT2D eigenvalue weighted by Gasteiger charge is -2.38. The van der Waals surface area contributed by atoms with Crippen LogP contribution in [-0.2, 0) is 11.3 Å². The number of fused-ring (bicyclic) bond motifs is 1. The van der Waals surface area contributed by atoms with Crippen LogP contribution < -0.4 is 0 Å². The van der Waals surface area contributed by atoms with Crippen LogP contribution in [-0.4, -0.2) is 41.6 Å². The molecule has 1 aromatic carbocycles. The van der Waals surface area contributed by atoms with E-state index < -0.39 is 0 Å². The predicted octanol–water partition coefficient (Wildman–Crippen LogP) is 2.62. The Balaban J connectivity index is 1.58. The molecule has 1 aromatic rings. The zero-order chi connectivity index (χ0) is 13.9. The van der Waals surface area contributed by atoms with E-state index in [2.05, 4.69) is 11.5 Å². The van der Waals surface area contributed by atoms with Crippen LogP contribution in [0.5, 0.6) is 0 Å². The summed E-state index contributed by atoms with van der Waals surface area (Å²) in [4.78, 5) is 16.3. The summed E-state index contributed by atoms with van der Waals surface area (Å²) in [5.41, 5.74) is 1.85. The van der Waals surface area contributed by atoms with Gasteiger partial charge in [0.2, 0.25) is 0 Å². The molecule has 0 bridgehead atoms. The molecule has 2 aliphatic heterocycles. The summed E-state index contributed by atoms with van der Waals surface area (Å²) in [5.74, 6) is 0. The Morgan fingerprint density at radius 2 is 2.15 bits per heavy atom. The maximum atomic E-state index is 12.2. The largest absolute Gasteiger partial charge is 0.444 e. The first kappa shape index (κ1) is 13.2. The zero-order valence-electron chi connectivity index (χ0n) is 11.6. The van der Waals surface area contributed by atoms with Gasteiger partial charge in [-0.2, -0.15) is 0 Å². The Labute approximate surface area is 119 Å². The molecule has 0 radical (unpaired) electrons.